The third-order valence-corrected chi connectivity index (χ3v) is 8.49. The molecule has 0 bridgehead atoms. The van der Waals surface area contributed by atoms with Crippen LogP contribution in [0.25, 0.3) is 11.1 Å². The molecule has 43 heavy (non-hydrogen) atoms. The maximum absolute atomic E-state index is 3.53. The Morgan fingerprint density at radius 1 is 0.721 bits per heavy atom. The quantitative estimate of drug-likeness (QED) is 0.223. The van der Waals surface area contributed by atoms with Gasteiger partial charge in [-0.1, -0.05) is 116 Å². The number of halogens is 2. The van der Waals surface area contributed by atoms with Gasteiger partial charge < -0.3 is 24.8 Å². The van der Waals surface area contributed by atoms with Crippen molar-refractivity contribution in [1.29, 1.82) is 0 Å². The second-order valence-corrected chi connectivity index (χ2v) is 16.5. The molecule has 0 spiro atoms. The molecule has 1 aliphatic rings. The Labute approximate surface area is 290 Å². The van der Waals surface area contributed by atoms with E-state index in [9.17, 15) is 0 Å². The normalized spacial score (nSPS) is 11.9. The molecule has 4 aromatic rings. The second kappa shape index (κ2) is 15.6. The molecule has 0 saturated heterocycles. The summed E-state index contributed by atoms with van der Waals surface area (Å²) in [6, 6.07) is 30.1. The standard InChI is InChI=1S/C21H25.C11H17.C8H8.2ClH.Zr/c1-20(2,3)16-9-7-14-11-15-8-10-17(21(4,5)6)13-19(15)18(14)12-16;1-8-6-9(2)10(7-8)11(3,4)5;1-2-8-6-4-3-5-7-8;;;/h7,9-10,12-13H,11H2,1-6H3;6-7H,1-5H3;3-7H,1H3;2*1H;/q2*-1;;;;+2/p-2. The number of benzene rings is 3. The van der Waals surface area contributed by atoms with Crippen LogP contribution in [0, 0.1) is 19.9 Å². The van der Waals surface area contributed by atoms with E-state index in [0.29, 0.717) is 5.41 Å². The molecule has 0 radical (unpaired) electrons. The molecule has 0 fully saturated rings. The van der Waals surface area contributed by atoms with Crippen LogP contribution in [0.5, 0.6) is 0 Å². The van der Waals surface area contributed by atoms with Crippen LogP contribution in [0.4, 0.5) is 0 Å². The van der Waals surface area contributed by atoms with Crippen molar-refractivity contribution in [3.05, 3.63) is 123 Å². The van der Waals surface area contributed by atoms with Gasteiger partial charge in [0.25, 0.3) is 0 Å². The Hall–Kier alpha value is -1.66. The Kier molecular flexibility index (Phi) is 14.2. The van der Waals surface area contributed by atoms with E-state index >= 15 is 0 Å². The van der Waals surface area contributed by atoms with Crippen molar-refractivity contribution in [2.24, 2.45) is 0 Å². The Bertz CT molecular complexity index is 1420. The second-order valence-electron chi connectivity index (χ2n) is 14.7. The SMILES string of the molecule is CC(C)(C)c1c[c-]c2c(c1)-c1cc(C(C)(C)C)ccc1C2.C[C](=[Zr+2])c1ccccc1.Cc1cc(C(C)(C)C)c(C)[cH-]1.[Cl-].[Cl-]. The van der Waals surface area contributed by atoms with E-state index in [1.165, 1.54) is 83.1 Å². The minimum atomic E-state index is 0. The van der Waals surface area contributed by atoms with E-state index < -0.39 is 0 Å². The van der Waals surface area contributed by atoms with Crippen LogP contribution < -0.4 is 24.8 Å². The fraction of sp³-hybridized carbons (Fsp3) is 0.400. The van der Waals surface area contributed by atoms with Crippen LogP contribution in [-0.2, 0) is 46.9 Å². The molecule has 3 heteroatoms. The van der Waals surface area contributed by atoms with Crippen LogP contribution in [0.15, 0.2) is 72.8 Å². The molecule has 0 aliphatic heterocycles. The number of rotatable bonds is 1. The number of fused-ring (bicyclic) bond motifs is 3. The molecule has 0 unspecified atom stereocenters. The molecule has 0 amide bonds. The number of hydrogen-bond donors (Lipinski definition) is 0. The van der Waals surface area contributed by atoms with E-state index in [-0.39, 0.29) is 35.6 Å². The summed E-state index contributed by atoms with van der Waals surface area (Å²) in [6.07, 6.45) is 1.03. The third kappa shape index (κ3) is 10.7. The maximum Gasteiger partial charge on any atom is -0.0632 e. The van der Waals surface area contributed by atoms with Gasteiger partial charge >= 0.3 is 70.3 Å². The van der Waals surface area contributed by atoms with Gasteiger partial charge in [-0.3, -0.25) is 0 Å². The zero-order valence-electron chi connectivity index (χ0n) is 28.4. The van der Waals surface area contributed by atoms with Gasteiger partial charge in [0.15, 0.2) is 0 Å². The van der Waals surface area contributed by atoms with Crippen molar-refractivity contribution >= 4 is 3.21 Å². The molecular formula is C40H50Cl2Zr-2. The molecule has 0 nitrogen and oxygen atoms in total. The smallest absolute Gasteiger partial charge is 0.0632 e. The van der Waals surface area contributed by atoms with E-state index in [1.54, 1.807) is 0 Å². The van der Waals surface area contributed by atoms with Crippen molar-refractivity contribution < 1.29 is 49.0 Å². The minimum Gasteiger partial charge on any atom is -1.00 e. The molecule has 1 aliphatic carbocycles. The molecule has 230 valence electrons. The first-order chi connectivity index (χ1) is 18.9. The van der Waals surface area contributed by atoms with Crippen LogP contribution in [0.1, 0.15) is 114 Å². The predicted molar refractivity (Wildman–Crippen MR) is 177 cm³/mol. The van der Waals surface area contributed by atoms with Gasteiger partial charge in [0.1, 0.15) is 0 Å². The summed E-state index contributed by atoms with van der Waals surface area (Å²) in [6.45, 7) is 26.9. The van der Waals surface area contributed by atoms with Gasteiger partial charge in [-0.05, 0) is 17.4 Å². The summed E-state index contributed by atoms with van der Waals surface area (Å²) in [4.78, 5) is 0. The average Bonchev–Trinajstić information content (AvgIpc) is 3.42. The number of aryl methyl sites for hydroxylation is 2. The molecule has 0 saturated carbocycles. The first kappa shape index (κ1) is 39.4. The van der Waals surface area contributed by atoms with Gasteiger partial charge in [-0.25, -0.2) is 6.07 Å². The summed E-state index contributed by atoms with van der Waals surface area (Å²) in [5.41, 5.74) is 14.7. The van der Waals surface area contributed by atoms with Gasteiger partial charge in [0, 0.05) is 0 Å². The van der Waals surface area contributed by atoms with Gasteiger partial charge in [0.05, 0.1) is 0 Å². The fourth-order valence-electron chi connectivity index (χ4n) is 5.28. The number of hydrogen-bond acceptors (Lipinski definition) is 0. The van der Waals surface area contributed by atoms with Crippen LogP contribution in [-0.4, -0.2) is 3.21 Å². The summed E-state index contributed by atoms with van der Waals surface area (Å²) in [5.74, 6) is 0. The molecular weight excluding hydrogens is 643 g/mol. The Balaban J connectivity index is 0.000000356. The van der Waals surface area contributed by atoms with Crippen LogP contribution in [0.2, 0.25) is 0 Å². The first-order valence-corrected chi connectivity index (χ1v) is 16.1. The van der Waals surface area contributed by atoms with E-state index in [2.05, 4.69) is 156 Å². The molecule has 0 atom stereocenters. The largest absolute Gasteiger partial charge is 1.00 e. The van der Waals surface area contributed by atoms with E-state index in [4.69, 9.17) is 0 Å². The third-order valence-electron chi connectivity index (χ3n) is 7.78. The van der Waals surface area contributed by atoms with Crippen molar-refractivity contribution in [3.63, 3.8) is 0 Å². The van der Waals surface area contributed by atoms with Crippen molar-refractivity contribution in [3.8, 4) is 11.1 Å². The summed E-state index contributed by atoms with van der Waals surface area (Å²) < 4.78 is 1.46. The predicted octanol–water partition coefficient (Wildman–Crippen LogP) is 4.75. The van der Waals surface area contributed by atoms with E-state index in [0.717, 1.165) is 6.42 Å². The summed E-state index contributed by atoms with van der Waals surface area (Å²) in [5, 5.41) is 0. The minimum absolute atomic E-state index is 0. The van der Waals surface area contributed by atoms with Crippen LogP contribution in [0.3, 0.4) is 0 Å². The summed E-state index contributed by atoms with van der Waals surface area (Å²) >= 11 is 1.51. The Morgan fingerprint density at radius 3 is 1.70 bits per heavy atom. The molecule has 0 aromatic heterocycles. The van der Waals surface area contributed by atoms with Crippen LogP contribution >= 0.6 is 0 Å². The fourth-order valence-corrected chi connectivity index (χ4v) is 5.69. The van der Waals surface area contributed by atoms with Gasteiger partial charge in [0.2, 0.25) is 0 Å². The van der Waals surface area contributed by atoms with E-state index in [1.807, 2.05) is 6.07 Å². The molecule has 0 heterocycles. The van der Waals surface area contributed by atoms with Gasteiger partial charge in [-0.2, -0.15) is 52.1 Å². The Morgan fingerprint density at radius 2 is 1.28 bits per heavy atom. The zero-order valence-corrected chi connectivity index (χ0v) is 32.4. The van der Waals surface area contributed by atoms with Crippen molar-refractivity contribution in [2.45, 2.75) is 106 Å². The molecule has 5 rings (SSSR count). The summed E-state index contributed by atoms with van der Waals surface area (Å²) in [7, 11) is 0. The molecule has 4 aromatic carbocycles. The monoisotopic (exact) mass is 690 g/mol. The van der Waals surface area contributed by atoms with Crippen molar-refractivity contribution in [1.82, 2.24) is 0 Å². The maximum atomic E-state index is 3.53. The topological polar surface area (TPSA) is 0 Å². The zero-order chi connectivity index (χ0) is 30.8. The average molecular weight is 693 g/mol. The van der Waals surface area contributed by atoms with Gasteiger partial charge in [-0.15, -0.1) is 5.56 Å². The van der Waals surface area contributed by atoms with Crippen molar-refractivity contribution in [2.75, 3.05) is 0 Å². The molecule has 0 N–H and O–H groups in total. The first-order valence-electron chi connectivity index (χ1n) is 14.9.